The fraction of sp³-hybridized carbons (Fsp3) is 0.188. The number of halogens is 4. The summed E-state index contributed by atoms with van der Waals surface area (Å²) in [6.45, 7) is 0.360. The molecule has 0 aliphatic carbocycles. The van der Waals surface area contributed by atoms with Crippen LogP contribution in [0.25, 0.3) is 0 Å². The highest BCUT2D eigenvalue weighted by Crippen LogP contribution is 2.24. The van der Waals surface area contributed by atoms with E-state index in [2.05, 4.69) is 5.32 Å². The number of thioether (sulfide) groups is 1. The van der Waals surface area contributed by atoms with E-state index in [1.165, 1.54) is 23.9 Å². The van der Waals surface area contributed by atoms with Gasteiger partial charge in [0.15, 0.2) is 0 Å². The first-order valence-electron chi connectivity index (χ1n) is 6.73. The maximum atomic E-state index is 13.4. The number of amides is 1. The first-order chi connectivity index (χ1) is 11.0. The molecule has 0 bridgehead atoms. The summed E-state index contributed by atoms with van der Waals surface area (Å²) >= 11 is 12.9. The van der Waals surface area contributed by atoms with Gasteiger partial charge in [-0.25, -0.2) is 8.78 Å². The van der Waals surface area contributed by atoms with Crippen molar-refractivity contribution >= 4 is 40.9 Å². The third kappa shape index (κ3) is 5.09. The Kier molecular flexibility index (Phi) is 6.69. The van der Waals surface area contributed by atoms with E-state index in [4.69, 9.17) is 23.2 Å². The summed E-state index contributed by atoms with van der Waals surface area (Å²) in [4.78, 5) is 11.9. The summed E-state index contributed by atoms with van der Waals surface area (Å²) < 4.78 is 26.8. The van der Waals surface area contributed by atoms with E-state index in [1.807, 2.05) is 0 Å². The molecule has 0 atom stereocenters. The van der Waals surface area contributed by atoms with Crippen LogP contribution in [0.15, 0.2) is 36.4 Å². The third-order valence-corrected chi connectivity index (χ3v) is 4.61. The molecule has 0 saturated heterocycles. The normalized spacial score (nSPS) is 10.6. The van der Waals surface area contributed by atoms with Crippen LogP contribution in [-0.4, -0.2) is 18.2 Å². The van der Waals surface area contributed by atoms with Crippen LogP contribution in [0.2, 0.25) is 10.0 Å². The first-order valence-corrected chi connectivity index (χ1v) is 8.64. The third-order valence-electron chi connectivity index (χ3n) is 3.00. The van der Waals surface area contributed by atoms with Gasteiger partial charge in [0.1, 0.15) is 11.6 Å². The van der Waals surface area contributed by atoms with Crippen molar-refractivity contribution in [3.8, 4) is 0 Å². The van der Waals surface area contributed by atoms with Crippen LogP contribution in [0.4, 0.5) is 8.78 Å². The number of hydrogen-bond donors (Lipinski definition) is 1. The molecule has 0 spiro atoms. The number of nitrogens with one attached hydrogen (secondary N) is 1. The first kappa shape index (κ1) is 18.0. The maximum absolute atomic E-state index is 13.4. The molecule has 0 unspecified atom stereocenters. The molecule has 2 aromatic rings. The summed E-state index contributed by atoms with van der Waals surface area (Å²) in [6, 6.07) is 8.75. The van der Waals surface area contributed by atoms with Gasteiger partial charge in [-0.2, -0.15) is 11.8 Å². The standard InChI is InChI=1S/C16H13Cl2F2NOS/c17-12-8-13(18)15(20)7-11(12)16(22)21-5-6-23-9-10-3-1-2-4-14(10)19/h1-4,7-8H,5-6,9H2,(H,21,22). The molecule has 0 aliphatic rings. The molecule has 1 N–H and O–H groups in total. The molecule has 0 heterocycles. The fourth-order valence-corrected chi connectivity index (χ4v) is 3.14. The van der Waals surface area contributed by atoms with Crippen LogP contribution in [0, 0.1) is 11.6 Å². The predicted molar refractivity (Wildman–Crippen MR) is 91.3 cm³/mol. The fourth-order valence-electron chi connectivity index (χ4n) is 1.83. The second-order valence-electron chi connectivity index (χ2n) is 4.65. The van der Waals surface area contributed by atoms with E-state index in [0.717, 1.165) is 6.07 Å². The summed E-state index contributed by atoms with van der Waals surface area (Å²) in [5.74, 6) is -0.313. The molecule has 0 aromatic heterocycles. The summed E-state index contributed by atoms with van der Waals surface area (Å²) in [6.07, 6.45) is 0. The highest BCUT2D eigenvalue weighted by Gasteiger charge is 2.13. The van der Waals surface area contributed by atoms with Crippen LogP contribution in [0.3, 0.4) is 0 Å². The van der Waals surface area contributed by atoms with Gasteiger partial charge < -0.3 is 5.32 Å². The molecule has 2 rings (SSSR count). The van der Waals surface area contributed by atoms with Crippen molar-refractivity contribution in [3.63, 3.8) is 0 Å². The molecule has 2 nitrogen and oxygen atoms in total. The lowest BCUT2D eigenvalue weighted by Crippen LogP contribution is -2.26. The minimum absolute atomic E-state index is 0.0349. The number of rotatable bonds is 6. The van der Waals surface area contributed by atoms with Crippen molar-refractivity contribution in [3.05, 3.63) is 69.2 Å². The number of carbonyl (C=O) groups excluding carboxylic acids is 1. The number of benzene rings is 2. The molecule has 23 heavy (non-hydrogen) atoms. The average Bonchev–Trinajstić information content (AvgIpc) is 2.52. The Balaban J connectivity index is 1.79. The van der Waals surface area contributed by atoms with E-state index in [1.54, 1.807) is 18.2 Å². The van der Waals surface area contributed by atoms with Crippen LogP contribution in [-0.2, 0) is 5.75 Å². The van der Waals surface area contributed by atoms with E-state index in [9.17, 15) is 13.6 Å². The number of carbonyl (C=O) groups is 1. The minimum Gasteiger partial charge on any atom is -0.351 e. The van der Waals surface area contributed by atoms with E-state index >= 15 is 0 Å². The Bertz CT molecular complexity index is 712. The molecule has 122 valence electrons. The lowest BCUT2D eigenvalue weighted by molar-refractivity contribution is 0.0956. The van der Waals surface area contributed by atoms with Crippen molar-refractivity contribution in [2.24, 2.45) is 0 Å². The van der Waals surface area contributed by atoms with Gasteiger partial charge in [0, 0.05) is 18.1 Å². The molecule has 1 amide bonds. The van der Waals surface area contributed by atoms with Gasteiger partial charge >= 0.3 is 0 Å². The highest BCUT2D eigenvalue weighted by atomic mass is 35.5. The zero-order valence-corrected chi connectivity index (χ0v) is 14.2. The van der Waals surface area contributed by atoms with Gasteiger partial charge in [0.25, 0.3) is 5.91 Å². The zero-order chi connectivity index (χ0) is 16.8. The quantitative estimate of drug-likeness (QED) is 0.572. The predicted octanol–water partition coefficient (Wildman–Crippen LogP) is 4.93. The molecule has 0 radical (unpaired) electrons. The molecule has 0 aliphatic heterocycles. The van der Waals surface area contributed by atoms with Gasteiger partial charge in [-0.1, -0.05) is 41.4 Å². The lowest BCUT2D eigenvalue weighted by atomic mass is 10.2. The monoisotopic (exact) mass is 375 g/mol. The second kappa shape index (κ2) is 8.52. The molecule has 0 saturated carbocycles. The Hall–Kier alpha value is -1.30. The van der Waals surface area contributed by atoms with Gasteiger partial charge in [0.2, 0.25) is 0 Å². The minimum atomic E-state index is -0.699. The maximum Gasteiger partial charge on any atom is 0.252 e. The zero-order valence-electron chi connectivity index (χ0n) is 11.9. The average molecular weight is 376 g/mol. The van der Waals surface area contributed by atoms with Crippen LogP contribution in [0.1, 0.15) is 15.9 Å². The highest BCUT2D eigenvalue weighted by molar-refractivity contribution is 7.98. The summed E-state index contributed by atoms with van der Waals surface area (Å²) in [5, 5.41) is 2.60. The van der Waals surface area contributed by atoms with Crippen molar-refractivity contribution in [1.29, 1.82) is 0 Å². The molecule has 7 heteroatoms. The Morgan fingerprint density at radius 3 is 2.57 bits per heavy atom. The SMILES string of the molecule is O=C(NCCSCc1ccccc1F)c1cc(F)c(Cl)cc1Cl. The van der Waals surface area contributed by atoms with Gasteiger partial charge in [-0.15, -0.1) is 0 Å². The van der Waals surface area contributed by atoms with E-state index in [-0.39, 0.29) is 21.4 Å². The smallest absolute Gasteiger partial charge is 0.252 e. The van der Waals surface area contributed by atoms with Gasteiger partial charge in [-0.3, -0.25) is 4.79 Å². The second-order valence-corrected chi connectivity index (χ2v) is 6.57. The molecular weight excluding hydrogens is 363 g/mol. The molecule has 2 aromatic carbocycles. The van der Waals surface area contributed by atoms with Gasteiger partial charge in [0.05, 0.1) is 15.6 Å². The largest absolute Gasteiger partial charge is 0.351 e. The summed E-state index contributed by atoms with van der Waals surface area (Å²) in [7, 11) is 0. The Labute approximate surface area is 147 Å². The van der Waals surface area contributed by atoms with Crippen molar-refractivity contribution in [2.45, 2.75) is 5.75 Å². The number of hydrogen-bond acceptors (Lipinski definition) is 2. The molecular formula is C16H13Cl2F2NOS. The van der Waals surface area contributed by atoms with E-state index in [0.29, 0.717) is 23.6 Å². The van der Waals surface area contributed by atoms with Crippen molar-refractivity contribution in [1.82, 2.24) is 5.32 Å². The Morgan fingerprint density at radius 1 is 1.09 bits per heavy atom. The lowest BCUT2D eigenvalue weighted by Gasteiger charge is -2.08. The van der Waals surface area contributed by atoms with Crippen LogP contribution >= 0.6 is 35.0 Å². The van der Waals surface area contributed by atoms with Crippen LogP contribution in [0.5, 0.6) is 0 Å². The summed E-state index contributed by atoms with van der Waals surface area (Å²) in [5.41, 5.74) is 0.652. The molecule has 0 fully saturated rings. The van der Waals surface area contributed by atoms with E-state index < -0.39 is 11.7 Å². The van der Waals surface area contributed by atoms with Crippen molar-refractivity contribution in [2.75, 3.05) is 12.3 Å². The van der Waals surface area contributed by atoms with Gasteiger partial charge in [-0.05, 0) is 23.8 Å². The Morgan fingerprint density at radius 2 is 1.83 bits per heavy atom. The van der Waals surface area contributed by atoms with Crippen LogP contribution < -0.4 is 5.32 Å². The van der Waals surface area contributed by atoms with Crippen molar-refractivity contribution < 1.29 is 13.6 Å². The topological polar surface area (TPSA) is 29.1 Å².